The van der Waals surface area contributed by atoms with Gasteiger partial charge in [-0.05, 0) is 42.7 Å². The molecule has 0 bridgehead atoms. The van der Waals surface area contributed by atoms with Gasteiger partial charge in [-0.3, -0.25) is 4.79 Å². The Balaban J connectivity index is 1.39. The number of carbonyl (C=O) groups is 1. The van der Waals surface area contributed by atoms with Gasteiger partial charge in [0.25, 0.3) is 0 Å². The number of amides is 1. The van der Waals surface area contributed by atoms with E-state index in [0.717, 1.165) is 29.3 Å². The first-order chi connectivity index (χ1) is 15.2. The van der Waals surface area contributed by atoms with Gasteiger partial charge in [0.1, 0.15) is 17.4 Å². The summed E-state index contributed by atoms with van der Waals surface area (Å²) in [4.78, 5) is 19.2. The van der Waals surface area contributed by atoms with Crippen molar-refractivity contribution in [2.45, 2.75) is 57.5 Å². The van der Waals surface area contributed by atoms with Crippen LogP contribution in [0.15, 0.2) is 47.1 Å². The summed E-state index contributed by atoms with van der Waals surface area (Å²) in [5.74, 6) is 1.31. The number of aromatic nitrogens is 2. The maximum Gasteiger partial charge on any atom is 0.221 e. The lowest BCUT2D eigenvalue weighted by Crippen LogP contribution is -2.38. The Morgan fingerprint density at radius 3 is 2.74 bits per heavy atom. The van der Waals surface area contributed by atoms with Gasteiger partial charge in [0.05, 0.1) is 12.8 Å². The zero-order valence-corrected chi connectivity index (χ0v) is 18.2. The van der Waals surface area contributed by atoms with Crippen LogP contribution < -0.4 is 10.2 Å². The lowest BCUT2D eigenvalue weighted by atomic mass is 9.95. The Labute approximate surface area is 185 Å². The Kier molecular flexibility index (Phi) is 7.30. The van der Waals surface area contributed by atoms with Gasteiger partial charge in [0, 0.05) is 37.0 Å². The number of hydrogen-bond acceptors (Lipinski definition) is 6. The molecule has 1 saturated carbocycles. The second-order valence-corrected chi connectivity index (χ2v) is 8.68. The van der Waals surface area contributed by atoms with Gasteiger partial charge >= 0.3 is 0 Å². The molecule has 31 heavy (non-hydrogen) atoms. The summed E-state index contributed by atoms with van der Waals surface area (Å²) in [6.07, 6.45) is 8.37. The minimum atomic E-state index is -0.258. The number of rotatable bonds is 9. The monoisotopic (exact) mass is 442 g/mol. The normalized spacial score (nSPS) is 14.5. The fraction of sp³-hybridized carbons (Fsp3) is 0.435. The number of hydrogen-bond donors (Lipinski definition) is 1. The van der Waals surface area contributed by atoms with E-state index in [-0.39, 0.29) is 11.7 Å². The number of carbonyl (C=O) groups excluding carboxylic acids is 1. The van der Waals surface area contributed by atoms with Crippen molar-refractivity contribution in [3.05, 3.63) is 65.6 Å². The van der Waals surface area contributed by atoms with Crippen LogP contribution in [0.3, 0.4) is 0 Å². The van der Waals surface area contributed by atoms with E-state index in [2.05, 4.69) is 14.7 Å². The van der Waals surface area contributed by atoms with E-state index in [1.807, 2.05) is 17.0 Å². The van der Waals surface area contributed by atoms with Crippen LogP contribution in [0.1, 0.15) is 55.7 Å². The van der Waals surface area contributed by atoms with Crippen molar-refractivity contribution >= 4 is 22.6 Å². The highest BCUT2D eigenvalue weighted by molar-refractivity contribution is 7.09. The lowest BCUT2D eigenvalue weighted by molar-refractivity contribution is -0.121. The molecule has 1 aromatic carbocycles. The molecule has 1 aliphatic rings. The average molecular weight is 443 g/mol. The molecule has 0 aliphatic heterocycles. The van der Waals surface area contributed by atoms with Crippen molar-refractivity contribution in [2.75, 3.05) is 11.4 Å². The molecule has 0 radical (unpaired) electrons. The third-order valence-corrected chi connectivity index (χ3v) is 6.32. The molecule has 1 aliphatic carbocycles. The molecule has 1 amide bonds. The first-order valence-electron chi connectivity index (χ1n) is 10.8. The van der Waals surface area contributed by atoms with E-state index < -0.39 is 0 Å². The summed E-state index contributed by atoms with van der Waals surface area (Å²) < 4.78 is 23.1. The van der Waals surface area contributed by atoms with E-state index in [9.17, 15) is 9.18 Å². The summed E-state index contributed by atoms with van der Waals surface area (Å²) in [5, 5.41) is 3.92. The summed E-state index contributed by atoms with van der Waals surface area (Å²) in [7, 11) is 0. The average Bonchev–Trinajstić information content (AvgIpc) is 3.46. The van der Waals surface area contributed by atoms with Gasteiger partial charge in [-0.2, -0.15) is 4.37 Å². The summed E-state index contributed by atoms with van der Waals surface area (Å²) in [5.41, 5.74) is 0.954. The third kappa shape index (κ3) is 6.37. The molecule has 0 unspecified atom stereocenters. The van der Waals surface area contributed by atoms with Gasteiger partial charge in [-0.15, -0.1) is 0 Å². The van der Waals surface area contributed by atoms with Crippen molar-refractivity contribution < 1.29 is 13.6 Å². The van der Waals surface area contributed by atoms with Crippen LogP contribution >= 0.6 is 11.5 Å². The molecule has 1 fully saturated rings. The van der Waals surface area contributed by atoms with Crippen LogP contribution in [0, 0.1) is 5.82 Å². The van der Waals surface area contributed by atoms with Gasteiger partial charge in [-0.1, -0.05) is 31.4 Å². The first-order valence-corrected chi connectivity index (χ1v) is 11.6. The number of furan rings is 1. The predicted octanol–water partition coefficient (Wildman–Crippen LogP) is 4.71. The molecule has 8 heteroatoms. The summed E-state index contributed by atoms with van der Waals surface area (Å²) in [6.45, 7) is 1.05. The van der Waals surface area contributed by atoms with Crippen molar-refractivity contribution in [1.29, 1.82) is 0 Å². The SMILES string of the molecule is O=C(CCN(Cc1ccco1)c1nc(Cc2ccc(F)cc2)ns1)NC1CCCCC1. The molecular weight excluding hydrogens is 415 g/mol. The number of halogens is 1. The van der Waals surface area contributed by atoms with Gasteiger partial charge in [0.2, 0.25) is 11.0 Å². The molecule has 3 aromatic rings. The van der Waals surface area contributed by atoms with Crippen molar-refractivity contribution in [2.24, 2.45) is 0 Å². The Hall–Kier alpha value is -2.74. The van der Waals surface area contributed by atoms with Gasteiger partial charge < -0.3 is 14.6 Å². The zero-order valence-electron chi connectivity index (χ0n) is 17.4. The summed E-state index contributed by atoms with van der Waals surface area (Å²) >= 11 is 1.31. The lowest BCUT2D eigenvalue weighted by Gasteiger charge is -2.24. The molecular formula is C23H27FN4O2S. The Morgan fingerprint density at radius 1 is 1.19 bits per heavy atom. The first kappa shape index (κ1) is 21.5. The van der Waals surface area contributed by atoms with Crippen LogP contribution in [0.4, 0.5) is 9.52 Å². The minimum absolute atomic E-state index is 0.0763. The highest BCUT2D eigenvalue weighted by Crippen LogP contribution is 2.22. The Bertz CT molecular complexity index is 952. The topological polar surface area (TPSA) is 71.3 Å². The standard InChI is InChI=1S/C23H27FN4O2S/c24-18-10-8-17(9-11-18)15-21-26-23(31-27-21)28(16-20-7-4-14-30-20)13-12-22(29)25-19-5-2-1-3-6-19/h4,7-11,14,19H,1-3,5-6,12-13,15-16H2,(H,25,29). The third-order valence-electron chi connectivity index (χ3n) is 5.51. The molecule has 0 spiro atoms. The van der Waals surface area contributed by atoms with E-state index >= 15 is 0 Å². The second-order valence-electron chi connectivity index (χ2n) is 7.95. The number of benzene rings is 1. The van der Waals surface area contributed by atoms with E-state index in [1.54, 1.807) is 18.4 Å². The zero-order chi connectivity index (χ0) is 21.5. The van der Waals surface area contributed by atoms with E-state index in [4.69, 9.17) is 4.42 Å². The fourth-order valence-electron chi connectivity index (χ4n) is 3.85. The molecule has 2 heterocycles. The molecule has 164 valence electrons. The molecule has 2 aromatic heterocycles. The maximum absolute atomic E-state index is 13.1. The van der Waals surface area contributed by atoms with Crippen molar-refractivity contribution in [1.82, 2.24) is 14.7 Å². The fourth-order valence-corrected chi connectivity index (χ4v) is 4.56. The molecule has 0 saturated heterocycles. The second kappa shape index (κ2) is 10.5. The van der Waals surface area contributed by atoms with Crippen LogP contribution in [0.25, 0.3) is 0 Å². The number of nitrogens with zero attached hydrogens (tertiary/aromatic N) is 3. The minimum Gasteiger partial charge on any atom is -0.467 e. The quantitative estimate of drug-likeness (QED) is 0.520. The van der Waals surface area contributed by atoms with Crippen LogP contribution in [0.5, 0.6) is 0 Å². The highest BCUT2D eigenvalue weighted by atomic mass is 32.1. The molecule has 1 N–H and O–H groups in total. The maximum atomic E-state index is 13.1. The molecule has 6 nitrogen and oxygen atoms in total. The van der Waals surface area contributed by atoms with Crippen LogP contribution in [-0.2, 0) is 17.8 Å². The largest absolute Gasteiger partial charge is 0.467 e. The highest BCUT2D eigenvalue weighted by Gasteiger charge is 2.19. The number of anilines is 1. The van der Waals surface area contributed by atoms with E-state index in [0.29, 0.717) is 37.8 Å². The van der Waals surface area contributed by atoms with Gasteiger partial charge in [0.15, 0.2) is 0 Å². The van der Waals surface area contributed by atoms with Crippen LogP contribution in [0.2, 0.25) is 0 Å². The predicted molar refractivity (Wildman–Crippen MR) is 119 cm³/mol. The van der Waals surface area contributed by atoms with Crippen molar-refractivity contribution in [3.63, 3.8) is 0 Å². The van der Waals surface area contributed by atoms with Crippen LogP contribution in [-0.4, -0.2) is 27.9 Å². The Morgan fingerprint density at radius 2 is 2.00 bits per heavy atom. The summed E-state index contributed by atoms with van der Waals surface area (Å²) in [6, 6.07) is 10.4. The smallest absolute Gasteiger partial charge is 0.221 e. The van der Waals surface area contributed by atoms with E-state index in [1.165, 1.54) is 42.9 Å². The van der Waals surface area contributed by atoms with Gasteiger partial charge in [-0.25, -0.2) is 9.37 Å². The van der Waals surface area contributed by atoms with Crippen molar-refractivity contribution in [3.8, 4) is 0 Å². The molecule has 0 atom stereocenters. The molecule has 4 rings (SSSR count). The number of nitrogens with one attached hydrogen (secondary N) is 1.